The molecule has 1 rings (SSSR count). The Kier molecular flexibility index (Phi) is 5.59. The second-order valence-corrected chi connectivity index (χ2v) is 7.10. The van der Waals surface area contributed by atoms with Crippen molar-refractivity contribution < 1.29 is 8.42 Å². The van der Waals surface area contributed by atoms with Gasteiger partial charge in [0.15, 0.2) is 0 Å². The zero-order valence-electron chi connectivity index (χ0n) is 9.28. The summed E-state index contributed by atoms with van der Waals surface area (Å²) >= 11 is 6.46. The van der Waals surface area contributed by atoms with Crippen LogP contribution in [0.3, 0.4) is 0 Å². The Morgan fingerprint density at radius 2 is 2.06 bits per heavy atom. The van der Waals surface area contributed by atoms with Crippen molar-refractivity contribution in [2.24, 2.45) is 5.73 Å². The molecule has 0 spiro atoms. The second-order valence-electron chi connectivity index (χ2n) is 3.59. The van der Waals surface area contributed by atoms with E-state index in [9.17, 15) is 8.42 Å². The summed E-state index contributed by atoms with van der Waals surface area (Å²) in [5.74, 6) is 0. The first-order valence-electron chi connectivity index (χ1n) is 5.07. The molecular formula is C10H14Br2N2O2S. The molecular weight excluding hydrogens is 372 g/mol. The van der Waals surface area contributed by atoms with Crippen LogP contribution in [0.2, 0.25) is 0 Å². The molecule has 1 aromatic rings. The van der Waals surface area contributed by atoms with Crippen molar-refractivity contribution in [2.45, 2.75) is 24.3 Å². The molecule has 0 aliphatic rings. The number of nitrogens with two attached hydrogens (primary N) is 1. The zero-order valence-corrected chi connectivity index (χ0v) is 13.3. The number of sulfonamides is 1. The lowest BCUT2D eigenvalue weighted by molar-refractivity contribution is 0.563. The van der Waals surface area contributed by atoms with Gasteiger partial charge in [-0.25, -0.2) is 13.1 Å². The molecule has 1 aromatic carbocycles. The highest BCUT2D eigenvalue weighted by atomic mass is 79.9. The fourth-order valence-corrected chi connectivity index (χ4v) is 3.72. The van der Waals surface area contributed by atoms with Gasteiger partial charge in [-0.3, -0.25) is 0 Å². The van der Waals surface area contributed by atoms with Gasteiger partial charge in [0.1, 0.15) is 0 Å². The van der Waals surface area contributed by atoms with Crippen molar-refractivity contribution in [3.63, 3.8) is 0 Å². The van der Waals surface area contributed by atoms with Gasteiger partial charge in [-0.1, -0.05) is 22.9 Å². The average molecular weight is 386 g/mol. The molecule has 0 aromatic heterocycles. The van der Waals surface area contributed by atoms with Crippen LogP contribution in [0.4, 0.5) is 0 Å². The molecule has 0 saturated carbocycles. The van der Waals surface area contributed by atoms with Gasteiger partial charge < -0.3 is 5.73 Å². The van der Waals surface area contributed by atoms with Gasteiger partial charge in [0, 0.05) is 21.5 Å². The SMILES string of the molecule is CCC(N)CNS(=O)(=O)c1cc(Br)ccc1Br. The summed E-state index contributed by atoms with van der Waals surface area (Å²) in [4.78, 5) is 0.204. The quantitative estimate of drug-likeness (QED) is 0.816. The minimum Gasteiger partial charge on any atom is -0.327 e. The Balaban J connectivity index is 2.93. The molecule has 0 aliphatic carbocycles. The molecule has 1 atom stereocenters. The Morgan fingerprint density at radius 3 is 2.65 bits per heavy atom. The lowest BCUT2D eigenvalue weighted by atomic mass is 10.2. The molecule has 0 saturated heterocycles. The summed E-state index contributed by atoms with van der Waals surface area (Å²) in [5.41, 5.74) is 5.68. The first-order chi connectivity index (χ1) is 7.86. The number of hydrogen-bond donors (Lipinski definition) is 2. The highest BCUT2D eigenvalue weighted by Gasteiger charge is 2.18. The van der Waals surface area contributed by atoms with Gasteiger partial charge in [0.25, 0.3) is 0 Å². The van der Waals surface area contributed by atoms with Crippen LogP contribution in [0.15, 0.2) is 32.0 Å². The molecule has 1 unspecified atom stereocenters. The molecule has 0 bridgehead atoms. The van der Waals surface area contributed by atoms with Crippen LogP contribution in [-0.2, 0) is 10.0 Å². The molecule has 3 N–H and O–H groups in total. The predicted octanol–water partition coefficient (Wildman–Crippen LogP) is 2.23. The maximum absolute atomic E-state index is 12.0. The third-order valence-electron chi connectivity index (χ3n) is 2.24. The van der Waals surface area contributed by atoms with E-state index in [1.165, 1.54) is 0 Å². The van der Waals surface area contributed by atoms with Gasteiger partial charge in [-0.2, -0.15) is 0 Å². The van der Waals surface area contributed by atoms with Crippen molar-refractivity contribution in [2.75, 3.05) is 6.54 Å². The van der Waals surface area contributed by atoms with E-state index in [4.69, 9.17) is 5.73 Å². The van der Waals surface area contributed by atoms with Crippen molar-refractivity contribution >= 4 is 41.9 Å². The molecule has 0 heterocycles. The summed E-state index contributed by atoms with van der Waals surface area (Å²) in [5, 5.41) is 0. The van der Waals surface area contributed by atoms with E-state index in [2.05, 4.69) is 36.6 Å². The minimum absolute atomic E-state index is 0.171. The van der Waals surface area contributed by atoms with Crippen LogP contribution in [0.5, 0.6) is 0 Å². The van der Waals surface area contributed by atoms with Crippen LogP contribution in [0.1, 0.15) is 13.3 Å². The number of benzene rings is 1. The van der Waals surface area contributed by atoms with Crippen molar-refractivity contribution in [3.05, 3.63) is 27.1 Å². The summed E-state index contributed by atoms with van der Waals surface area (Å²) in [6, 6.07) is 4.82. The highest BCUT2D eigenvalue weighted by molar-refractivity contribution is 9.11. The smallest absolute Gasteiger partial charge is 0.241 e. The van der Waals surface area contributed by atoms with Crippen LogP contribution < -0.4 is 10.5 Å². The summed E-state index contributed by atoms with van der Waals surface area (Å²) in [6.07, 6.45) is 0.724. The Hall–Kier alpha value is 0.0500. The number of hydrogen-bond acceptors (Lipinski definition) is 3. The fourth-order valence-electron chi connectivity index (χ4n) is 1.12. The Bertz CT molecular complexity index is 491. The largest absolute Gasteiger partial charge is 0.327 e. The van der Waals surface area contributed by atoms with Crippen LogP contribution in [0.25, 0.3) is 0 Å². The van der Waals surface area contributed by atoms with Gasteiger partial charge in [-0.05, 0) is 40.5 Å². The van der Waals surface area contributed by atoms with E-state index in [1.807, 2.05) is 6.92 Å². The number of halogens is 2. The second kappa shape index (κ2) is 6.29. The van der Waals surface area contributed by atoms with E-state index in [0.717, 1.165) is 6.42 Å². The molecule has 0 fully saturated rings. The van der Waals surface area contributed by atoms with Crippen LogP contribution in [0, 0.1) is 0 Å². The highest BCUT2D eigenvalue weighted by Crippen LogP contribution is 2.25. The van der Waals surface area contributed by atoms with Gasteiger partial charge in [-0.15, -0.1) is 0 Å². The standard InChI is InChI=1S/C10H14Br2N2O2S/c1-2-8(13)6-14-17(15,16)10-5-7(11)3-4-9(10)12/h3-5,8,14H,2,6,13H2,1H3. The summed E-state index contributed by atoms with van der Waals surface area (Å²) in [6.45, 7) is 2.14. The molecule has 0 aliphatic heterocycles. The summed E-state index contributed by atoms with van der Waals surface area (Å²) in [7, 11) is -3.53. The minimum atomic E-state index is -3.53. The first kappa shape index (κ1) is 15.1. The molecule has 7 heteroatoms. The Labute approximate surface area is 118 Å². The molecule has 0 radical (unpaired) electrons. The van der Waals surface area contributed by atoms with Crippen LogP contribution >= 0.6 is 31.9 Å². The lowest BCUT2D eigenvalue weighted by Crippen LogP contribution is -2.36. The fraction of sp³-hybridized carbons (Fsp3) is 0.400. The van der Waals surface area contributed by atoms with Gasteiger partial charge in [0.2, 0.25) is 10.0 Å². The first-order valence-corrected chi connectivity index (χ1v) is 8.14. The maximum atomic E-state index is 12.0. The molecule has 96 valence electrons. The van der Waals surface area contributed by atoms with Gasteiger partial charge >= 0.3 is 0 Å². The third kappa shape index (κ3) is 4.33. The predicted molar refractivity (Wildman–Crippen MR) is 75.3 cm³/mol. The van der Waals surface area contributed by atoms with E-state index in [0.29, 0.717) is 8.95 Å². The maximum Gasteiger partial charge on any atom is 0.241 e. The zero-order chi connectivity index (χ0) is 13.1. The summed E-state index contributed by atoms with van der Waals surface area (Å²) < 4.78 is 27.7. The van der Waals surface area contributed by atoms with Crippen molar-refractivity contribution in [1.82, 2.24) is 4.72 Å². The van der Waals surface area contributed by atoms with Crippen LogP contribution in [-0.4, -0.2) is 21.0 Å². The number of nitrogens with one attached hydrogen (secondary N) is 1. The Morgan fingerprint density at radius 1 is 1.41 bits per heavy atom. The molecule has 4 nitrogen and oxygen atoms in total. The molecule has 17 heavy (non-hydrogen) atoms. The van der Waals surface area contributed by atoms with Crippen molar-refractivity contribution in [3.8, 4) is 0 Å². The van der Waals surface area contributed by atoms with E-state index in [-0.39, 0.29) is 17.5 Å². The normalized spacial score (nSPS) is 13.6. The van der Waals surface area contributed by atoms with E-state index >= 15 is 0 Å². The van der Waals surface area contributed by atoms with Gasteiger partial charge in [0.05, 0.1) is 4.90 Å². The van der Waals surface area contributed by atoms with E-state index < -0.39 is 10.0 Å². The number of rotatable bonds is 5. The average Bonchev–Trinajstić information content (AvgIpc) is 2.29. The molecule has 0 amide bonds. The van der Waals surface area contributed by atoms with E-state index in [1.54, 1.807) is 18.2 Å². The van der Waals surface area contributed by atoms with Crippen molar-refractivity contribution in [1.29, 1.82) is 0 Å². The topological polar surface area (TPSA) is 72.2 Å². The monoisotopic (exact) mass is 384 g/mol. The lowest BCUT2D eigenvalue weighted by Gasteiger charge is -2.12. The third-order valence-corrected chi connectivity index (χ3v) is 5.15.